The van der Waals surface area contributed by atoms with E-state index in [1.165, 1.54) is 5.56 Å². The van der Waals surface area contributed by atoms with Gasteiger partial charge in [0, 0.05) is 31.7 Å². The Labute approximate surface area is 168 Å². The summed E-state index contributed by atoms with van der Waals surface area (Å²) in [5.41, 5.74) is 4.16. The van der Waals surface area contributed by atoms with E-state index in [2.05, 4.69) is 28.9 Å². The van der Waals surface area contributed by atoms with Crippen molar-refractivity contribution in [2.45, 2.75) is 26.2 Å². The zero-order valence-electron chi connectivity index (χ0n) is 16.4. The highest BCUT2D eigenvalue weighted by Gasteiger charge is 2.37. The normalized spacial score (nSPS) is 17.9. The molecule has 0 atom stereocenters. The number of fused-ring (bicyclic) bond motifs is 1. The molecule has 0 aromatic heterocycles. The standard InChI is InChI=1S/C22H24F3N3O/c1-2-26-9-10-27(15-26)12-16-3-5-17(6-4-16)18-7-8-20-19(11-18)13-28(21(20)29)14-22(23,24)25/h3-8,11H,2,9-10,12-15H2,1H3. The minimum absolute atomic E-state index is 0.00247. The van der Waals surface area contributed by atoms with Crippen LogP contribution in [0.2, 0.25) is 0 Å². The van der Waals surface area contributed by atoms with E-state index in [4.69, 9.17) is 0 Å². The lowest BCUT2D eigenvalue weighted by molar-refractivity contribution is -0.140. The number of alkyl halides is 3. The number of nitrogens with zero attached hydrogens (tertiary/aromatic N) is 3. The first kappa shape index (κ1) is 19.9. The molecule has 0 saturated carbocycles. The maximum Gasteiger partial charge on any atom is 0.406 e. The Kier molecular flexibility index (Phi) is 5.36. The maximum atomic E-state index is 12.7. The summed E-state index contributed by atoms with van der Waals surface area (Å²) in [5.74, 6) is -0.550. The first-order valence-corrected chi connectivity index (χ1v) is 9.85. The van der Waals surface area contributed by atoms with Crippen molar-refractivity contribution in [2.24, 2.45) is 0 Å². The molecule has 0 aliphatic carbocycles. The van der Waals surface area contributed by atoms with Gasteiger partial charge < -0.3 is 4.90 Å². The number of carbonyl (C=O) groups excluding carboxylic acids is 1. The fourth-order valence-corrected chi connectivity index (χ4v) is 4.06. The number of hydrogen-bond acceptors (Lipinski definition) is 3. The Balaban J connectivity index is 1.45. The third-order valence-corrected chi connectivity index (χ3v) is 5.63. The molecular formula is C22H24F3N3O. The molecule has 0 spiro atoms. The van der Waals surface area contributed by atoms with Crippen molar-refractivity contribution in [3.63, 3.8) is 0 Å². The van der Waals surface area contributed by atoms with Gasteiger partial charge in [-0.05, 0) is 40.9 Å². The molecule has 29 heavy (non-hydrogen) atoms. The molecule has 4 rings (SSSR count). The van der Waals surface area contributed by atoms with Gasteiger partial charge in [0.15, 0.2) is 0 Å². The fraction of sp³-hybridized carbons (Fsp3) is 0.409. The van der Waals surface area contributed by atoms with E-state index >= 15 is 0 Å². The van der Waals surface area contributed by atoms with Crippen LogP contribution in [0.15, 0.2) is 42.5 Å². The molecule has 2 aliphatic heterocycles. The number of likely N-dealkylation sites (N-methyl/N-ethyl adjacent to an activating group) is 1. The van der Waals surface area contributed by atoms with Crippen molar-refractivity contribution in [3.05, 3.63) is 59.2 Å². The molecule has 7 heteroatoms. The van der Waals surface area contributed by atoms with Crippen molar-refractivity contribution in [1.82, 2.24) is 14.7 Å². The highest BCUT2D eigenvalue weighted by molar-refractivity contribution is 5.99. The van der Waals surface area contributed by atoms with Gasteiger partial charge in [0.2, 0.25) is 0 Å². The molecule has 2 aliphatic rings. The zero-order chi connectivity index (χ0) is 20.6. The summed E-state index contributed by atoms with van der Waals surface area (Å²) in [5, 5.41) is 0. The summed E-state index contributed by atoms with van der Waals surface area (Å²) in [6.07, 6.45) is -4.39. The molecule has 0 unspecified atom stereocenters. The second-order valence-electron chi connectivity index (χ2n) is 7.75. The molecular weight excluding hydrogens is 379 g/mol. The Bertz CT molecular complexity index is 895. The van der Waals surface area contributed by atoms with E-state index in [0.717, 1.165) is 48.9 Å². The quantitative estimate of drug-likeness (QED) is 0.756. The number of amides is 1. The van der Waals surface area contributed by atoms with Crippen molar-refractivity contribution in [1.29, 1.82) is 0 Å². The minimum Gasteiger partial charge on any atom is -0.325 e. The molecule has 0 N–H and O–H groups in total. The number of rotatable bonds is 5. The van der Waals surface area contributed by atoms with E-state index < -0.39 is 18.6 Å². The number of benzene rings is 2. The predicted octanol–water partition coefficient (Wildman–Crippen LogP) is 3.97. The highest BCUT2D eigenvalue weighted by atomic mass is 19.4. The third-order valence-electron chi connectivity index (χ3n) is 5.63. The lowest BCUT2D eigenvalue weighted by Gasteiger charge is -2.17. The van der Waals surface area contributed by atoms with Gasteiger partial charge in [0.25, 0.3) is 5.91 Å². The minimum atomic E-state index is -4.39. The molecule has 0 radical (unpaired) electrons. The van der Waals surface area contributed by atoms with Crippen LogP contribution in [0.1, 0.15) is 28.4 Å². The summed E-state index contributed by atoms with van der Waals surface area (Å²) >= 11 is 0. The first-order valence-electron chi connectivity index (χ1n) is 9.85. The van der Waals surface area contributed by atoms with Crippen molar-refractivity contribution in [3.8, 4) is 11.1 Å². The van der Waals surface area contributed by atoms with Gasteiger partial charge in [-0.15, -0.1) is 0 Å². The van der Waals surface area contributed by atoms with E-state index in [1.54, 1.807) is 6.07 Å². The van der Waals surface area contributed by atoms with E-state index in [9.17, 15) is 18.0 Å². The van der Waals surface area contributed by atoms with Crippen LogP contribution in [-0.2, 0) is 13.1 Å². The molecule has 2 aromatic rings. The van der Waals surface area contributed by atoms with Crippen LogP contribution in [0.5, 0.6) is 0 Å². The first-order chi connectivity index (χ1) is 13.8. The SMILES string of the molecule is CCN1CCN(Cc2ccc(-c3ccc4c(c3)CN(CC(F)(F)F)C4=O)cc2)C1. The maximum absolute atomic E-state index is 12.7. The van der Waals surface area contributed by atoms with Crippen LogP contribution in [0.4, 0.5) is 13.2 Å². The average molecular weight is 403 g/mol. The summed E-state index contributed by atoms with van der Waals surface area (Å²) < 4.78 is 38.0. The number of halogens is 3. The summed E-state index contributed by atoms with van der Waals surface area (Å²) in [6.45, 7) is 6.10. The van der Waals surface area contributed by atoms with Gasteiger partial charge in [-0.3, -0.25) is 14.6 Å². The van der Waals surface area contributed by atoms with Crippen LogP contribution < -0.4 is 0 Å². The monoisotopic (exact) mass is 403 g/mol. The predicted molar refractivity (Wildman–Crippen MR) is 105 cm³/mol. The average Bonchev–Trinajstić information content (AvgIpc) is 3.25. The molecule has 0 bridgehead atoms. The van der Waals surface area contributed by atoms with Gasteiger partial charge in [0.1, 0.15) is 6.54 Å². The smallest absolute Gasteiger partial charge is 0.325 e. The molecule has 1 saturated heterocycles. The summed E-state index contributed by atoms with van der Waals surface area (Å²) in [6, 6.07) is 13.5. The summed E-state index contributed by atoms with van der Waals surface area (Å²) in [7, 11) is 0. The Morgan fingerprint density at radius 2 is 1.66 bits per heavy atom. The van der Waals surface area contributed by atoms with Gasteiger partial charge >= 0.3 is 6.18 Å². The van der Waals surface area contributed by atoms with E-state index in [1.807, 2.05) is 24.3 Å². The van der Waals surface area contributed by atoms with Crippen molar-refractivity contribution < 1.29 is 18.0 Å². The Hall–Kier alpha value is -2.38. The number of carbonyl (C=O) groups is 1. The lowest BCUT2D eigenvalue weighted by Crippen LogP contribution is -2.34. The van der Waals surface area contributed by atoms with Crippen molar-refractivity contribution >= 4 is 5.91 Å². The topological polar surface area (TPSA) is 26.8 Å². The van der Waals surface area contributed by atoms with Crippen LogP contribution in [0.3, 0.4) is 0 Å². The van der Waals surface area contributed by atoms with Crippen LogP contribution in [0.25, 0.3) is 11.1 Å². The Morgan fingerprint density at radius 3 is 2.31 bits per heavy atom. The van der Waals surface area contributed by atoms with Gasteiger partial charge in [0.05, 0.1) is 6.67 Å². The largest absolute Gasteiger partial charge is 0.406 e. The zero-order valence-corrected chi connectivity index (χ0v) is 16.4. The molecule has 2 heterocycles. The molecule has 154 valence electrons. The molecule has 4 nitrogen and oxygen atoms in total. The van der Waals surface area contributed by atoms with Crippen LogP contribution in [-0.4, -0.2) is 59.6 Å². The second kappa shape index (κ2) is 7.80. The van der Waals surface area contributed by atoms with Gasteiger partial charge in [-0.2, -0.15) is 13.2 Å². The van der Waals surface area contributed by atoms with E-state index in [-0.39, 0.29) is 6.54 Å². The number of hydrogen-bond donors (Lipinski definition) is 0. The van der Waals surface area contributed by atoms with Gasteiger partial charge in [-0.1, -0.05) is 37.3 Å². The summed E-state index contributed by atoms with van der Waals surface area (Å²) in [4.78, 5) is 17.9. The fourth-order valence-electron chi connectivity index (χ4n) is 4.06. The van der Waals surface area contributed by atoms with E-state index in [0.29, 0.717) is 11.1 Å². The van der Waals surface area contributed by atoms with Crippen molar-refractivity contribution in [2.75, 3.05) is 32.8 Å². The lowest BCUT2D eigenvalue weighted by atomic mass is 9.99. The molecule has 2 aromatic carbocycles. The second-order valence-corrected chi connectivity index (χ2v) is 7.75. The highest BCUT2D eigenvalue weighted by Crippen LogP contribution is 2.30. The molecule has 1 amide bonds. The van der Waals surface area contributed by atoms with Crippen LogP contribution >= 0.6 is 0 Å². The van der Waals surface area contributed by atoms with Gasteiger partial charge in [-0.25, -0.2) is 0 Å². The third kappa shape index (κ3) is 4.46. The Morgan fingerprint density at radius 1 is 0.966 bits per heavy atom. The van der Waals surface area contributed by atoms with Crippen LogP contribution in [0, 0.1) is 0 Å². The molecule has 1 fully saturated rings.